The number of alkyl halides is 3. The van der Waals surface area contributed by atoms with Gasteiger partial charge in [0.1, 0.15) is 5.69 Å². The maximum absolute atomic E-state index is 13.8. The first kappa shape index (κ1) is 20.0. The van der Waals surface area contributed by atoms with Crippen LogP contribution in [0.25, 0.3) is 21.6 Å². The minimum Gasteiger partial charge on any atom is -0.393 e. The number of fused-ring (bicyclic) bond motifs is 1. The van der Waals surface area contributed by atoms with Gasteiger partial charge in [-0.15, -0.1) is 10.2 Å². The number of hydrogen-bond donors (Lipinski definition) is 2. The average molecular weight is 422 g/mol. The smallest absolute Gasteiger partial charge is 0.393 e. The Hall–Kier alpha value is -2.26. The standard InChI is InChI=1S/C20H21F3N4OS/c1-10-7-16(18-26-27-19(29-18)24-6-5-11(2)28)25-17-14(10)8-13(12-3-4-12)9-15(17)20(21,22)23/h7-9,11-12,28H,3-6H2,1-2H3,(H,24,27). The number of rotatable bonds is 6. The molecule has 2 N–H and O–H groups in total. The summed E-state index contributed by atoms with van der Waals surface area (Å²) in [5, 5.41) is 22.0. The molecular weight excluding hydrogens is 401 g/mol. The summed E-state index contributed by atoms with van der Waals surface area (Å²) in [6, 6.07) is 4.86. The molecule has 0 spiro atoms. The molecule has 1 unspecified atom stereocenters. The summed E-state index contributed by atoms with van der Waals surface area (Å²) in [6.07, 6.45) is -2.48. The molecule has 1 aliphatic rings. The van der Waals surface area contributed by atoms with Gasteiger partial charge in [-0.3, -0.25) is 0 Å². The molecular formula is C20H21F3N4OS. The van der Waals surface area contributed by atoms with E-state index in [-0.39, 0.29) is 11.4 Å². The topological polar surface area (TPSA) is 70.9 Å². The van der Waals surface area contributed by atoms with Crippen molar-refractivity contribution in [1.82, 2.24) is 15.2 Å². The Morgan fingerprint density at radius 2 is 2.00 bits per heavy atom. The van der Waals surface area contributed by atoms with Gasteiger partial charge in [0.15, 0.2) is 5.01 Å². The van der Waals surface area contributed by atoms with E-state index in [1.807, 2.05) is 6.07 Å². The van der Waals surface area contributed by atoms with Gasteiger partial charge >= 0.3 is 6.18 Å². The third-order valence-electron chi connectivity index (χ3n) is 4.98. The predicted molar refractivity (Wildman–Crippen MR) is 107 cm³/mol. The van der Waals surface area contributed by atoms with Crippen molar-refractivity contribution in [2.45, 2.75) is 51.3 Å². The Kier molecular flexibility index (Phi) is 5.20. The SMILES string of the molecule is Cc1cc(-c2nnc(NCCC(C)O)s2)nc2c(C(F)(F)F)cc(C3CC3)cc12. The van der Waals surface area contributed by atoms with Crippen LogP contribution in [0.15, 0.2) is 18.2 Å². The quantitative estimate of drug-likeness (QED) is 0.576. The van der Waals surface area contributed by atoms with Gasteiger partial charge in [0.25, 0.3) is 0 Å². The molecule has 1 saturated carbocycles. The molecule has 0 amide bonds. The largest absolute Gasteiger partial charge is 0.418 e. The van der Waals surface area contributed by atoms with Crippen molar-refractivity contribution >= 4 is 27.4 Å². The molecule has 4 rings (SSSR count). The van der Waals surface area contributed by atoms with Crippen molar-refractivity contribution in [3.8, 4) is 10.7 Å². The van der Waals surface area contributed by atoms with Gasteiger partial charge in [0, 0.05) is 11.9 Å². The van der Waals surface area contributed by atoms with Crippen LogP contribution in [-0.2, 0) is 6.18 Å². The van der Waals surface area contributed by atoms with Gasteiger partial charge < -0.3 is 10.4 Å². The van der Waals surface area contributed by atoms with E-state index in [0.29, 0.717) is 34.2 Å². The third-order valence-corrected chi connectivity index (χ3v) is 5.88. The summed E-state index contributed by atoms with van der Waals surface area (Å²) in [6.45, 7) is 4.02. The molecule has 29 heavy (non-hydrogen) atoms. The Morgan fingerprint density at radius 1 is 1.24 bits per heavy atom. The van der Waals surface area contributed by atoms with Crippen LogP contribution in [0.2, 0.25) is 0 Å². The number of anilines is 1. The number of aliphatic hydroxyl groups is 1. The molecule has 1 atom stereocenters. The van der Waals surface area contributed by atoms with Crippen molar-refractivity contribution in [3.05, 3.63) is 34.9 Å². The molecule has 1 aliphatic carbocycles. The second-order valence-corrected chi connectivity index (χ2v) is 8.52. The van der Waals surface area contributed by atoms with E-state index >= 15 is 0 Å². The molecule has 154 valence electrons. The van der Waals surface area contributed by atoms with Crippen LogP contribution < -0.4 is 5.32 Å². The van der Waals surface area contributed by atoms with Crippen molar-refractivity contribution in [1.29, 1.82) is 0 Å². The predicted octanol–water partition coefficient (Wildman–Crippen LogP) is 5.14. The number of hydrogen-bond acceptors (Lipinski definition) is 6. The van der Waals surface area contributed by atoms with E-state index in [9.17, 15) is 18.3 Å². The zero-order valence-electron chi connectivity index (χ0n) is 16.0. The molecule has 0 radical (unpaired) electrons. The lowest BCUT2D eigenvalue weighted by Crippen LogP contribution is -2.09. The maximum Gasteiger partial charge on any atom is 0.418 e. The number of aromatic nitrogens is 3. The van der Waals surface area contributed by atoms with E-state index < -0.39 is 17.8 Å². The van der Waals surface area contributed by atoms with Crippen LogP contribution in [-0.4, -0.2) is 32.9 Å². The van der Waals surface area contributed by atoms with E-state index in [2.05, 4.69) is 20.5 Å². The van der Waals surface area contributed by atoms with Crippen LogP contribution in [0.1, 0.15) is 48.8 Å². The highest BCUT2D eigenvalue weighted by Gasteiger charge is 2.36. The van der Waals surface area contributed by atoms with Crippen molar-refractivity contribution in [3.63, 3.8) is 0 Å². The van der Waals surface area contributed by atoms with E-state index in [0.717, 1.165) is 24.0 Å². The summed E-state index contributed by atoms with van der Waals surface area (Å²) in [5.41, 5.74) is 1.11. The van der Waals surface area contributed by atoms with Crippen LogP contribution in [0.5, 0.6) is 0 Å². The maximum atomic E-state index is 13.8. The van der Waals surface area contributed by atoms with Gasteiger partial charge in [-0.25, -0.2) is 4.98 Å². The fraction of sp³-hybridized carbons (Fsp3) is 0.450. The number of pyridine rings is 1. The second kappa shape index (κ2) is 7.53. The molecule has 2 heterocycles. The molecule has 1 aromatic carbocycles. The lowest BCUT2D eigenvalue weighted by atomic mass is 9.98. The van der Waals surface area contributed by atoms with Gasteiger partial charge in [-0.2, -0.15) is 13.2 Å². The molecule has 9 heteroatoms. The summed E-state index contributed by atoms with van der Waals surface area (Å²) >= 11 is 1.23. The number of nitrogens with one attached hydrogen (secondary N) is 1. The van der Waals surface area contributed by atoms with E-state index in [4.69, 9.17) is 0 Å². The molecule has 2 aromatic heterocycles. The zero-order valence-corrected chi connectivity index (χ0v) is 16.9. The minimum absolute atomic E-state index is 0.0456. The van der Waals surface area contributed by atoms with Gasteiger partial charge in [-0.1, -0.05) is 11.3 Å². The molecule has 5 nitrogen and oxygen atoms in total. The Labute approximate surface area is 170 Å². The normalized spacial score (nSPS) is 15.7. The number of aliphatic hydroxyl groups excluding tert-OH is 1. The molecule has 0 bridgehead atoms. The summed E-state index contributed by atoms with van der Waals surface area (Å²) < 4.78 is 41.3. The van der Waals surface area contributed by atoms with Crippen molar-refractivity contribution < 1.29 is 18.3 Å². The van der Waals surface area contributed by atoms with Gasteiger partial charge in [0.2, 0.25) is 5.13 Å². The van der Waals surface area contributed by atoms with Crippen molar-refractivity contribution in [2.75, 3.05) is 11.9 Å². The average Bonchev–Trinajstić information content (AvgIpc) is 3.38. The zero-order chi connectivity index (χ0) is 20.8. The summed E-state index contributed by atoms with van der Waals surface area (Å²) in [4.78, 5) is 4.34. The first-order chi connectivity index (χ1) is 13.7. The van der Waals surface area contributed by atoms with Crippen LogP contribution in [0, 0.1) is 6.92 Å². The van der Waals surface area contributed by atoms with Crippen LogP contribution in [0.4, 0.5) is 18.3 Å². The Morgan fingerprint density at radius 3 is 2.66 bits per heavy atom. The monoisotopic (exact) mass is 422 g/mol. The molecule has 0 aliphatic heterocycles. The van der Waals surface area contributed by atoms with Crippen LogP contribution >= 0.6 is 11.3 Å². The highest BCUT2D eigenvalue weighted by molar-refractivity contribution is 7.18. The van der Waals surface area contributed by atoms with Crippen molar-refractivity contribution in [2.24, 2.45) is 0 Å². The molecule has 0 saturated heterocycles. The number of benzene rings is 1. The lowest BCUT2D eigenvalue weighted by molar-refractivity contribution is -0.136. The minimum atomic E-state index is -4.48. The highest BCUT2D eigenvalue weighted by Crippen LogP contribution is 2.45. The Balaban J connectivity index is 1.73. The summed E-state index contributed by atoms with van der Waals surface area (Å²) in [5.74, 6) is 0.220. The molecule has 1 fully saturated rings. The van der Waals surface area contributed by atoms with Gasteiger partial charge in [-0.05, 0) is 68.4 Å². The third kappa shape index (κ3) is 4.35. The first-order valence-corrected chi connectivity index (χ1v) is 10.3. The fourth-order valence-electron chi connectivity index (χ4n) is 3.28. The van der Waals surface area contributed by atoms with Gasteiger partial charge in [0.05, 0.1) is 17.2 Å². The molecule has 3 aromatic rings. The lowest BCUT2D eigenvalue weighted by Gasteiger charge is -2.14. The Bertz CT molecular complexity index is 1040. The van der Waals surface area contributed by atoms with E-state index in [1.165, 1.54) is 17.4 Å². The number of halogens is 3. The fourth-order valence-corrected chi connectivity index (χ4v) is 4.01. The second-order valence-electron chi connectivity index (χ2n) is 7.54. The first-order valence-electron chi connectivity index (χ1n) is 9.50. The number of aryl methyl sites for hydroxylation is 1. The van der Waals surface area contributed by atoms with Crippen LogP contribution in [0.3, 0.4) is 0 Å². The number of nitrogens with zero attached hydrogens (tertiary/aromatic N) is 3. The highest BCUT2D eigenvalue weighted by atomic mass is 32.1. The van der Waals surface area contributed by atoms with E-state index in [1.54, 1.807) is 19.9 Å². The summed E-state index contributed by atoms with van der Waals surface area (Å²) in [7, 11) is 0.